The van der Waals surface area contributed by atoms with Gasteiger partial charge >= 0.3 is 0 Å². The summed E-state index contributed by atoms with van der Waals surface area (Å²) in [5.41, 5.74) is 1.47. The van der Waals surface area contributed by atoms with Crippen molar-refractivity contribution in [3.63, 3.8) is 0 Å². The van der Waals surface area contributed by atoms with Crippen LogP contribution in [0.1, 0.15) is 38.3 Å². The van der Waals surface area contributed by atoms with Gasteiger partial charge in [0.25, 0.3) is 10.0 Å². The highest BCUT2D eigenvalue weighted by atomic mass is 35.5. The van der Waals surface area contributed by atoms with Crippen molar-refractivity contribution in [2.24, 2.45) is 0 Å². The molecule has 0 radical (unpaired) electrons. The van der Waals surface area contributed by atoms with Crippen LogP contribution in [0.15, 0.2) is 65.6 Å². The number of hydrogen-bond donors (Lipinski definition) is 1. The molecule has 0 bridgehead atoms. The van der Waals surface area contributed by atoms with E-state index in [4.69, 9.17) is 39.5 Å². The lowest BCUT2D eigenvalue weighted by atomic mass is 10.1. The first-order chi connectivity index (χ1) is 19.8. The molecule has 226 valence electrons. The molecule has 0 aliphatic heterocycles. The van der Waals surface area contributed by atoms with E-state index in [0.717, 1.165) is 9.87 Å². The van der Waals surface area contributed by atoms with E-state index in [1.165, 1.54) is 42.3 Å². The molecule has 0 aromatic heterocycles. The van der Waals surface area contributed by atoms with E-state index in [9.17, 15) is 18.0 Å². The van der Waals surface area contributed by atoms with Crippen molar-refractivity contribution in [2.45, 2.75) is 57.6 Å². The third-order valence-corrected chi connectivity index (χ3v) is 9.42. The number of sulfonamides is 1. The highest BCUT2D eigenvalue weighted by Crippen LogP contribution is 2.35. The quantitative estimate of drug-likeness (QED) is 0.241. The molecule has 0 heterocycles. The van der Waals surface area contributed by atoms with Crippen molar-refractivity contribution >= 4 is 62.3 Å². The zero-order valence-electron chi connectivity index (χ0n) is 24.0. The fraction of sp³-hybridized carbons (Fsp3) is 0.333. The summed E-state index contributed by atoms with van der Waals surface area (Å²) >= 11 is 18.8. The molecular weight excluding hydrogens is 621 g/mol. The highest BCUT2D eigenvalue weighted by molar-refractivity contribution is 7.92. The molecule has 0 spiro atoms. The van der Waals surface area contributed by atoms with Crippen LogP contribution in [0.25, 0.3) is 0 Å². The van der Waals surface area contributed by atoms with Gasteiger partial charge in [-0.15, -0.1) is 0 Å². The van der Waals surface area contributed by atoms with E-state index in [1.54, 1.807) is 37.3 Å². The summed E-state index contributed by atoms with van der Waals surface area (Å²) in [6.45, 7) is 6.47. The van der Waals surface area contributed by atoms with Crippen LogP contribution in [0.5, 0.6) is 5.75 Å². The standard InChI is InChI=1S/C30H34Cl3N3O5S/c1-6-20(3)34-30(38)21(4)35(17-22-9-10-23(31)15-26(22)33)29(37)18-36(27-16-24(32)11-14-28(27)41-5)42(39,40)25-12-7-19(2)8-13-25/h7-16,20-21H,6,17-18H2,1-5H3,(H,34,38)/t20-,21+/m1/s1. The SMILES string of the molecule is CC[C@@H](C)NC(=O)[C@H](C)N(Cc1ccc(Cl)cc1Cl)C(=O)CN(c1cc(Cl)ccc1OC)S(=O)(=O)c1ccc(C)cc1. The first kappa shape index (κ1) is 33.5. The van der Waals surface area contributed by atoms with Crippen molar-refractivity contribution in [3.8, 4) is 5.75 Å². The minimum atomic E-state index is -4.30. The second-order valence-electron chi connectivity index (χ2n) is 9.89. The summed E-state index contributed by atoms with van der Waals surface area (Å²) in [5, 5.41) is 3.85. The number of nitrogens with one attached hydrogen (secondary N) is 1. The molecule has 1 N–H and O–H groups in total. The number of anilines is 1. The average molecular weight is 655 g/mol. The van der Waals surface area contributed by atoms with Gasteiger partial charge in [-0.1, -0.05) is 65.5 Å². The summed E-state index contributed by atoms with van der Waals surface area (Å²) in [6.07, 6.45) is 0.687. The van der Waals surface area contributed by atoms with E-state index in [0.29, 0.717) is 22.0 Å². The van der Waals surface area contributed by atoms with Crippen LogP contribution in [0.2, 0.25) is 15.1 Å². The van der Waals surface area contributed by atoms with Gasteiger partial charge in [-0.3, -0.25) is 13.9 Å². The Morgan fingerprint density at radius 3 is 2.17 bits per heavy atom. The van der Waals surface area contributed by atoms with E-state index < -0.39 is 34.4 Å². The number of halogens is 3. The Morgan fingerprint density at radius 2 is 1.57 bits per heavy atom. The number of carbonyl (C=O) groups excluding carboxylic acids is 2. The Balaban J connectivity index is 2.12. The molecule has 0 unspecified atom stereocenters. The molecule has 0 saturated carbocycles. The zero-order chi connectivity index (χ0) is 31.2. The smallest absolute Gasteiger partial charge is 0.264 e. The van der Waals surface area contributed by atoms with Crippen molar-refractivity contribution in [2.75, 3.05) is 18.0 Å². The highest BCUT2D eigenvalue weighted by Gasteiger charge is 2.34. The maximum Gasteiger partial charge on any atom is 0.264 e. The van der Waals surface area contributed by atoms with Crippen LogP contribution in [-0.4, -0.2) is 50.9 Å². The van der Waals surface area contributed by atoms with Gasteiger partial charge in [-0.25, -0.2) is 8.42 Å². The van der Waals surface area contributed by atoms with Crippen LogP contribution in [0, 0.1) is 6.92 Å². The maximum absolute atomic E-state index is 14.1. The van der Waals surface area contributed by atoms with Crippen molar-refractivity contribution in [1.82, 2.24) is 10.2 Å². The number of methoxy groups -OCH3 is 1. The molecule has 3 aromatic carbocycles. The second-order valence-corrected chi connectivity index (χ2v) is 13.0. The fourth-order valence-corrected chi connectivity index (χ4v) is 6.14. The second kappa shape index (κ2) is 14.5. The van der Waals surface area contributed by atoms with Gasteiger partial charge in [0.2, 0.25) is 11.8 Å². The molecule has 0 fully saturated rings. The first-order valence-electron chi connectivity index (χ1n) is 13.2. The predicted molar refractivity (Wildman–Crippen MR) is 168 cm³/mol. The van der Waals surface area contributed by atoms with Gasteiger partial charge in [-0.2, -0.15) is 0 Å². The van der Waals surface area contributed by atoms with E-state index in [1.807, 2.05) is 20.8 Å². The summed E-state index contributed by atoms with van der Waals surface area (Å²) < 4.78 is 34.5. The van der Waals surface area contributed by atoms with E-state index in [-0.39, 0.29) is 33.9 Å². The zero-order valence-corrected chi connectivity index (χ0v) is 27.1. The molecule has 8 nitrogen and oxygen atoms in total. The molecule has 12 heteroatoms. The Kier molecular flexibility index (Phi) is 11.5. The monoisotopic (exact) mass is 653 g/mol. The van der Waals surface area contributed by atoms with Gasteiger partial charge in [0.15, 0.2) is 0 Å². The lowest BCUT2D eigenvalue weighted by Crippen LogP contribution is -2.52. The molecule has 3 aromatic rings. The van der Waals surface area contributed by atoms with Crippen molar-refractivity contribution in [3.05, 3.63) is 86.9 Å². The predicted octanol–water partition coefficient (Wildman–Crippen LogP) is 6.49. The van der Waals surface area contributed by atoms with Gasteiger partial charge < -0.3 is 15.0 Å². The Bertz CT molecular complexity index is 1530. The maximum atomic E-state index is 14.1. The van der Waals surface area contributed by atoms with Crippen LogP contribution >= 0.6 is 34.8 Å². The summed E-state index contributed by atoms with van der Waals surface area (Å²) in [4.78, 5) is 28.6. The number of carbonyl (C=O) groups is 2. The van der Waals surface area contributed by atoms with E-state index in [2.05, 4.69) is 5.32 Å². The molecule has 0 saturated heterocycles. The van der Waals surface area contributed by atoms with Crippen molar-refractivity contribution in [1.29, 1.82) is 0 Å². The molecule has 3 rings (SSSR count). The Morgan fingerprint density at radius 1 is 0.952 bits per heavy atom. The number of rotatable bonds is 12. The molecule has 0 aliphatic rings. The lowest BCUT2D eigenvalue weighted by molar-refractivity contribution is -0.139. The number of aryl methyl sites for hydroxylation is 1. The van der Waals surface area contributed by atoms with Crippen LogP contribution in [0.3, 0.4) is 0 Å². The summed E-state index contributed by atoms with van der Waals surface area (Å²) in [7, 11) is -2.91. The number of benzene rings is 3. The largest absolute Gasteiger partial charge is 0.495 e. The van der Waals surface area contributed by atoms with Crippen LogP contribution < -0.4 is 14.4 Å². The number of amides is 2. The van der Waals surface area contributed by atoms with Gasteiger partial charge in [-0.05, 0) is 75.2 Å². The van der Waals surface area contributed by atoms with Gasteiger partial charge in [0, 0.05) is 27.7 Å². The molecule has 2 amide bonds. The van der Waals surface area contributed by atoms with Crippen molar-refractivity contribution < 1.29 is 22.7 Å². The Labute approximate surface area is 262 Å². The normalized spacial score (nSPS) is 12.8. The third kappa shape index (κ3) is 8.10. The van der Waals surface area contributed by atoms with Crippen LogP contribution in [0.4, 0.5) is 5.69 Å². The molecular formula is C30H34Cl3N3O5S. The minimum absolute atomic E-state index is 0.0298. The third-order valence-electron chi connectivity index (χ3n) is 6.82. The summed E-state index contributed by atoms with van der Waals surface area (Å²) in [5.74, 6) is -0.848. The lowest BCUT2D eigenvalue weighted by Gasteiger charge is -2.33. The Hall–Kier alpha value is -2.98. The van der Waals surface area contributed by atoms with Gasteiger partial charge in [0.05, 0.1) is 17.7 Å². The number of nitrogens with zero attached hydrogens (tertiary/aromatic N) is 2. The van der Waals surface area contributed by atoms with E-state index >= 15 is 0 Å². The average Bonchev–Trinajstić information content (AvgIpc) is 2.95. The molecule has 42 heavy (non-hydrogen) atoms. The van der Waals surface area contributed by atoms with Crippen LogP contribution in [-0.2, 0) is 26.2 Å². The number of hydrogen-bond acceptors (Lipinski definition) is 5. The number of ether oxygens (including phenoxy) is 1. The minimum Gasteiger partial charge on any atom is -0.495 e. The first-order valence-corrected chi connectivity index (χ1v) is 15.8. The van der Waals surface area contributed by atoms with Gasteiger partial charge in [0.1, 0.15) is 18.3 Å². The topological polar surface area (TPSA) is 96.0 Å². The fourth-order valence-electron chi connectivity index (χ4n) is 4.09. The summed E-state index contributed by atoms with van der Waals surface area (Å²) in [6, 6.07) is 14.5. The molecule has 2 atom stereocenters. The molecule has 0 aliphatic carbocycles.